The van der Waals surface area contributed by atoms with Gasteiger partial charge in [-0.05, 0) is 76.9 Å². The standard InChI is InChI=1S/C20H17FO2S/c1-12-17(9-13-3-6-15(24-2)7-4-13)16-8-5-14(21)10-19(16)18(12)11-20(22)23/h3-10H,11H2,1-2H3,(H,22,23)/b17-9+. The van der Waals surface area contributed by atoms with Gasteiger partial charge in [0.15, 0.2) is 0 Å². The monoisotopic (exact) mass is 340 g/mol. The number of aliphatic carboxylic acids is 1. The van der Waals surface area contributed by atoms with Crippen LogP contribution in [0, 0.1) is 5.82 Å². The van der Waals surface area contributed by atoms with Crippen LogP contribution in [0.15, 0.2) is 52.9 Å². The minimum atomic E-state index is -0.912. The number of carboxylic acids is 1. The van der Waals surface area contributed by atoms with Crippen LogP contribution in [0.25, 0.3) is 17.2 Å². The SMILES string of the molecule is CSc1ccc(/C=C2\C(C)=C(CC(=O)O)c3cc(F)ccc32)cc1. The highest BCUT2D eigenvalue weighted by Gasteiger charge is 2.25. The van der Waals surface area contributed by atoms with E-state index in [4.69, 9.17) is 0 Å². The summed E-state index contributed by atoms with van der Waals surface area (Å²) in [6.07, 6.45) is 3.95. The van der Waals surface area contributed by atoms with Gasteiger partial charge in [-0.25, -0.2) is 4.39 Å². The molecule has 0 aliphatic heterocycles. The molecule has 0 saturated heterocycles. The molecule has 0 unspecified atom stereocenters. The highest BCUT2D eigenvalue weighted by Crippen LogP contribution is 2.43. The Labute approximate surface area is 144 Å². The molecule has 3 rings (SSSR count). The second-order valence-electron chi connectivity index (χ2n) is 5.70. The fourth-order valence-corrected chi connectivity index (χ4v) is 3.41. The first kappa shape index (κ1) is 16.5. The third kappa shape index (κ3) is 3.15. The van der Waals surface area contributed by atoms with Crippen molar-refractivity contribution < 1.29 is 14.3 Å². The van der Waals surface area contributed by atoms with Crippen molar-refractivity contribution in [1.29, 1.82) is 0 Å². The molecule has 1 aliphatic rings. The molecule has 0 spiro atoms. The van der Waals surface area contributed by atoms with Gasteiger partial charge in [0.25, 0.3) is 0 Å². The van der Waals surface area contributed by atoms with E-state index in [2.05, 4.69) is 12.1 Å². The van der Waals surface area contributed by atoms with Crippen LogP contribution in [-0.2, 0) is 4.79 Å². The predicted molar refractivity (Wildman–Crippen MR) is 97.3 cm³/mol. The summed E-state index contributed by atoms with van der Waals surface area (Å²) in [5, 5.41) is 9.17. The Morgan fingerprint density at radius 3 is 2.50 bits per heavy atom. The molecule has 1 N–H and O–H groups in total. The number of fused-ring (bicyclic) bond motifs is 1. The van der Waals surface area contributed by atoms with Crippen LogP contribution in [-0.4, -0.2) is 17.3 Å². The first-order valence-electron chi connectivity index (χ1n) is 7.57. The van der Waals surface area contributed by atoms with Crippen LogP contribution < -0.4 is 0 Å². The molecule has 0 saturated carbocycles. The molecule has 122 valence electrons. The maximum Gasteiger partial charge on any atom is 0.307 e. The molecule has 0 atom stereocenters. The summed E-state index contributed by atoms with van der Waals surface area (Å²) in [4.78, 5) is 12.4. The van der Waals surface area contributed by atoms with Crippen molar-refractivity contribution in [3.8, 4) is 0 Å². The van der Waals surface area contributed by atoms with Crippen LogP contribution in [0.3, 0.4) is 0 Å². The molecule has 4 heteroatoms. The quantitative estimate of drug-likeness (QED) is 0.762. The van der Waals surface area contributed by atoms with E-state index in [-0.39, 0.29) is 12.2 Å². The number of halogens is 1. The fraction of sp³-hybridized carbons (Fsp3) is 0.150. The van der Waals surface area contributed by atoms with E-state index in [9.17, 15) is 14.3 Å². The zero-order chi connectivity index (χ0) is 17.3. The lowest BCUT2D eigenvalue weighted by atomic mass is 10.0. The fourth-order valence-electron chi connectivity index (χ4n) is 3.00. The lowest BCUT2D eigenvalue weighted by Gasteiger charge is -2.05. The minimum absolute atomic E-state index is 0.106. The summed E-state index contributed by atoms with van der Waals surface area (Å²) in [7, 11) is 0. The van der Waals surface area contributed by atoms with E-state index in [1.54, 1.807) is 17.8 Å². The van der Waals surface area contributed by atoms with Crippen LogP contribution in [0.2, 0.25) is 0 Å². The average Bonchev–Trinajstić information content (AvgIpc) is 2.80. The van der Waals surface area contributed by atoms with Crippen LogP contribution >= 0.6 is 11.8 Å². The Balaban J connectivity index is 2.11. The van der Waals surface area contributed by atoms with Gasteiger partial charge in [0.2, 0.25) is 0 Å². The van der Waals surface area contributed by atoms with Gasteiger partial charge in [-0.1, -0.05) is 18.2 Å². The number of benzene rings is 2. The summed E-state index contributed by atoms with van der Waals surface area (Å²) in [5.41, 5.74) is 5.14. The summed E-state index contributed by atoms with van der Waals surface area (Å²) < 4.78 is 13.6. The highest BCUT2D eigenvalue weighted by atomic mass is 32.2. The molecular formula is C20H17FO2S. The van der Waals surface area contributed by atoms with Crippen LogP contribution in [0.1, 0.15) is 30.0 Å². The van der Waals surface area contributed by atoms with Crippen molar-refractivity contribution in [2.75, 3.05) is 6.26 Å². The lowest BCUT2D eigenvalue weighted by Crippen LogP contribution is -1.97. The molecule has 0 radical (unpaired) electrons. The van der Waals surface area contributed by atoms with E-state index in [1.165, 1.54) is 17.0 Å². The zero-order valence-electron chi connectivity index (χ0n) is 13.5. The van der Waals surface area contributed by atoms with Crippen molar-refractivity contribution in [1.82, 2.24) is 0 Å². The molecule has 1 aliphatic carbocycles. The van der Waals surface area contributed by atoms with E-state index in [0.29, 0.717) is 11.1 Å². The Hall–Kier alpha value is -2.33. The molecule has 0 heterocycles. The van der Waals surface area contributed by atoms with Gasteiger partial charge in [-0.15, -0.1) is 11.8 Å². The molecular weight excluding hydrogens is 323 g/mol. The number of allylic oxidation sites excluding steroid dienone is 2. The summed E-state index contributed by atoms with van der Waals surface area (Å²) in [5.74, 6) is -1.26. The van der Waals surface area contributed by atoms with E-state index < -0.39 is 5.97 Å². The average molecular weight is 340 g/mol. The first-order chi connectivity index (χ1) is 11.5. The largest absolute Gasteiger partial charge is 0.481 e. The normalized spacial score (nSPS) is 15.0. The molecule has 2 aromatic carbocycles. The third-order valence-electron chi connectivity index (χ3n) is 4.21. The number of hydrogen-bond donors (Lipinski definition) is 1. The zero-order valence-corrected chi connectivity index (χ0v) is 14.3. The predicted octanol–water partition coefficient (Wildman–Crippen LogP) is 5.35. The lowest BCUT2D eigenvalue weighted by molar-refractivity contribution is -0.135. The molecule has 2 aromatic rings. The topological polar surface area (TPSA) is 37.3 Å². The van der Waals surface area contributed by atoms with Gasteiger partial charge in [0.05, 0.1) is 6.42 Å². The maximum atomic E-state index is 13.6. The highest BCUT2D eigenvalue weighted by molar-refractivity contribution is 7.98. The van der Waals surface area contributed by atoms with Gasteiger partial charge in [0, 0.05) is 4.90 Å². The van der Waals surface area contributed by atoms with Gasteiger partial charge >= 0.3 is 5.97 Å². The Kier molecular flexibility index (Phi) is 4.58. The van der Waals surface area contributed by atoms with E-state index in [0.717, 1.165) is 22.3 Å². The van der Waals surface area contributed by atoms with Gasteiger partial charge in [-0.2, -0.15) is 0 Å². The van der Waals surface area contributed by atoms with Crippen LogP contribution in [0.4, 0.5) is 4.39 Å². The number of carboxylic acid groups (broad SMARTS) is 1. The molecule has 24 heavy (non-hydrogen) atoms. The van der Waals surface area contributed by atoms with Crippen molar-refractivity contribution >= 4 is 35.0 Å². The molecule has 0 fully saturated rings. The minimum Gasteiger partial charge on any atom is -0.481 e. The molecule has 0 amide bonds. The van der Waals surface area contributed by atoms with Crippen molar-refractivity contribution in [3.63, 3.8) is 0 Å². The van der Waals surface area contributed by atoms with Crippen LogP contribution in [0.5, 0.6) is 0 Å². The molecule has 2 nitrogen and oxygen atoms in total. The number of hydrogen-bond acceptors (Lipinski definition) is 2. The van der Waals surface area contributed by atoms with E-state index in [1.807, 2.05) is 31.4 Å². The van der Waals surface area contributed by atoms with Gasteiger partial charge < -0.3 is 5.11 Å². The summed E-state index contributed by atoms with van der Waals surface area (Å²) in [6.45, 7) is 1.90. The summed E-state index contributed by atoms with van der Waals surface area (Å²) in [6, 6.07) is 12.7. The molecule has 0 aromatic heterocycles. The third-order valence-corrected chi connectivity index (χ3v) is 4.95. The molecule has 0 bridgehead atoms. The van der Waals surface area contributed by atoms with Gasteiger partial charge in [-0.3, -0.25) is 4.79 Å². The first-order valence-corrected chi connectivity index (χ1v) is 8.80. The van der Waals surface area contributed by atoms with E-state index >= 15 is 0 Å². The smallest absolute Gasteiger partial charge is 0.307 e. The number of rotatable bonds is 4. The number of carbonyl (C=O) groups is 1. The Morgan fingerprint density at radius 2 is 1.88 bits per heavy atom. The summed E-state index contributed by atoms with van der Waals surface area (Å²) >= 11 is 1.68. The maximum absolute atomic E-state index is 13.6. The van der Waals surface area contributed by atoms with Gasteiger partial charge in [0.1, 0.15) is 5.82 Å². The second-order valence-corrected chi connectivity index (χ2v) is 6.57. The second kappa shape index (κ2) is 6.65. The Morgan fingerprint density at radius 1 is 1.17 bits per heavy atom. The van der Waals surface area contributed by atoms with Crippen molar-refractivity contribution in [2.24, 2.45) is 0 Å². The van der Waals surface area contributed by atoms with Crippen molar-refractivity contribution in [3.05, 3.63) is 70.5 Å². The Bertz CT molecular complexity index is 864. The number of thioether (sulfide) groups is 1. The van der Waals surface area contributed by atoms with Crippen molar-refractivity contribution in [2.45, 2.75) is 18.2 Å².